The van der Waals surface area contributed by atoms with E-state index in [1.807, 2.05) is 18.1 Å². The van der Waals surface area contributed by atoms with Gasteiger partial charge in [-0.2, -0.15) is 51.3 Å². The van der Waals surface area contributed by atoms with Gasteiger partial charge in [-0.05, 0) is 80.3 Å². The van der Waals surface area contributed by atoms with Crippen molar-refractivity contribution in [2.24, 2.45) is 5.92 Å². The van der Waals surface area contributed by atoms with Gasteiger partial charge in [0.05, 0.1) is 41.7 Å². The lowest BCUT2D eigenvalue weighted by Gasteiger charge is -2.34. The normalized spacial score (nSPS) is 15.1. The molecule has 1 aromatic heterocycles. The van der Waals surface area contributed by atoms with Crippen molar-refractivity contribution >= 4 is 23.4 Å². The molecule has 2 aromatic carbocycles. The van der Waals surface area contributed by atoms with Crippen LogP contribution in [0.2, 0.25) is 0 Å². The van der Waals surface area contributed by atoms with Crippen LogP contribution in [0, 0.1) is 5.92 Å². The Bertz CT molecular complexity index is 1460. The van der Waals surface area contributed by atoms with Gasteiger partial charge in [0.25, 0.3) is 0 Å². The highest BCUT2D eigenvalue weighted by molar-refractivity contribution is 7.98. The van der Waals surface area contributed by atoms with Gasteiger partial charge in [-0.1, -0.05) is 18.9 Å². The molecule has 0 spiro atoms. The quantitative estimate of drug-likeness (QED) is 0.130. The number of thioether (sulfide) groups is 1. The predicted octanol–water partition coefficient (Wildman–Crippen LogP) is 10.1. The fourth-order valence-corrected chi connectivity index (χ4v) is 6.06. The Morgan fingerprint density at radius 3 is 1.96 bits per heavy atom. The summed E-state index contributed by atoms with van der Waals surface area (Å²) in [6.45, 7) is 4.22. The number of rotatable bonds is 13. The molecular weight excluding hydrogens is 671 g/mol. The van der Waals surface area contributed by atoms with E-state index in [-0.39, 0.29) is 35.7 Å². The number of aromatic nitrogens is 2. The second-order valence-corrected chi connectivity index (χ2v) is 12.7. The molecule has 1 heterocycles. The second-order valence-electron chi connectivity index (χ2n) is 11.7. The van der Waals surface area contributed by atoms with Gasteiger partial charge in [0.15, 0.2) is 5.75 Å². The third-order valence-corrected chi connectivity index (χ3v) is 8.99. The summed E-state index contributed by atoms with van der Waals surface area (Å²) in [5, 5.41) is 0. The number of hydrogen-bond acceptors (Lipinski definition) is 6. The molecule has 1 atom stereocenters. The number of nitrogens with zero attached hydrogens (tertiary/aromatic N) is 4. The average Bonchev–Trinajstić information content (AvgIpc) is 3.54. The number of halogens is 9. The second kappa shape index (κ2) is 15.5. The fourth-order valence-electron chi connectivity index (χ4n) is 5.81. The summed E-state index contributed by atoms with van der Waals surface area (Å²) in [6, 6.07) is 3.40. The van der Waals surface area contributed by atoms with Gasteiger partial charge >= 0.3 is 18.5 Å². The van der Waals surface area contributed by atoms with Crippen molar-refractivity contribution in [3.05, 3.63) is 76.6 Å². The van der Waals surface area contributed by atoms with Gasteiger partial charge in [0.1, 0.15) is 0 Å². The summed E-state index contributed by atoms with van der Waals surface area (Å²) >= 11 is 1.55. The van der Waals surface area contributed by atoms with Crippen LogP contribution < -0.4 is 14.5 Å². The number of alkyl halides is 9. The first-order valence-electron chi connectivity index (χ1n) is 15.5. The Balaban J connectivity index is 1.83. The highest BCUT2D eigenvalue weighted by atomic mass is 32.2. The van der Waals surface area contributed by atoms with Crippen molar-refractivity contribution in [1.82, 2.24) is 9.97 Å². The molecule has 0 saturated heterocycles. The lowest BCUT2D eigenvalue weighted by Crippen LogP contribution is -2.32. The van der Waals surface area contributed by atoms with Gasteiger partial charge in [-0.3, -0.25) is 0 Å². The summed E-state index contributed by atoms with van der Waals surface area (Å²) < 4.78 is 130. The topological polar surface area (TPSA) is 41.5 Å². The minimum Gasteiger partial charge on any atom is -0.489 e. The largest absolute Gasteiger partial charge is 0.489 e. The van der Waals surface area contributed by atoms with Crippen molar-refractivity contribution in [3.63, 3.8) is 0 Å². The Labute approximate surface area is 277 Å². The van der Waals surface area contributed by atoms with Crippen LogP contribution in [0.25, 0.3) is 0 Å². The Hall–Kier alpha value is -3.36. The molecule has 3 aromatic rings. The molecule has 1 unspecified atom stereocenters. The van der Waals surface area contributed by atoms with Crippen LogP contribution in [0.3, 0.4) is 0 Å². The Morgan fingerprint density at radius 2 is 1.44 bits per heavy atom. The highest BCUT2D eigenvalue weighted by Gasteiger charge is 2.38. The van der Waals surface area contributed by atoms with Gasteiger partial charge in [0, 0.05) is 31.1 Å². The van der Waals surface area contributed by atoms with Crippen LogP contribution in [0.5, 0.6) is 5.75 Å². The van der Waals surface area contributed by atoms with Gasteiger partial charge in [0.2, 0.25) is 5.95 Å². The highest BCUT2D eigenvalue weighted by Crippen LogP contribution is 2.41. The van der Waals surface area contributed by atoms with Gasteiger partial charge in [-0.25, -0.2) is 9.97 Å². The molecule has 5 nitrogen and oxygen atoms in total. The van der Waals surface area contributed by atoms with E-state index in [4.69, 9.17) is 4.74 Å². The maximum absolute atomic E-state index is 13.9. The SMILES string of the molecule is CCN(CC1CCCC1)c1cc(C(F)(F)F)ccc1CN(c1ncc(OCCSC)cn1)C(C)c1cc(C(F)(F)F)cc(C(F)(F)F)c1. The molecule has 1 fully saturated rings. The van der Waals surface area contributed by atoms with E-state index < -0.39 is 41.3 Å². The fraction of sp³-hybridized carbons (Fsp3) is 0.515. The maximum Gasteiger partial charge on any atom is 0.416 e. The molecule has 0 N–H and O–H groups in total. The van der Waals surface area contributed by atoms with Crippen LogP contribution in [0.15, 0.2) is 48.8 Å². The van der Waals surface area contributed by atoms with Crippen LogP contribution in [0.4, 0.5) is 51.1 Å². The summed E-state index contributed by atoms with van der Waals surface area (Å²) in [4.78, 5) is 11.9. The molecule has 15 heteroatoms. The number of hydrogen-bond donors (Lipinski definition) is 0. The molecule has 0 bridgehead atoms. The molecule has 0 radical (unpaired) electrons. The zero-order valence-electron chi connectivity index (χ0n) is 26.6. The molecule has 264 valence electrons. The van der Waals surface area contributed by atoms with E-state index >= 15 is 0 Å². The maximum atomic E-state index is 13.9. The van der Waals surface area contributed by atoms with E-state index in [9.17, 15) is 39.5 Å². The summed E-state index contributed by atoms with van der Waals surface area (Å²) in [5.41, 5.74) is -3.52. The van der Waals surface area contributed by atoms with Gasteiger partial charge < -0.3 is 14.5 Å². The molecule has 0 aliphatic heterocycles. The first kappa shape index (κ1) is 37.5. The summed E-state index contributed by atoms with van der Waals surface area (Å²) in [5.74, 6) is 1.18. The minimum absolute atomic E-state index is 0.0495. The lowest BCUT2D eigenvalue weighted by atomic mass is 9.98. The van der Waals surface area contributed by atoms with Crippen molar-refractivity contribution in [3.8, 4) is 5.75 Å². The zero-order chi connectivity index (χ0) is 35.3. The number of anilines is 2. The van der Waals surface area contributed by atoms with Gasteiger partial charge in [-0.15, -0.1) is 0 Å². The van der Waals surface area contributed by atoms with E-state index in [1.54, 1.807) is 11.8 Å². The van der Waals surface area contributed by atoms with Crippen LogP contribution in [-0.4, -0.2) is 41.7 Å². The lowest BCUT2D eigenvalue weighted by molar-refractivity contribution is -0.143. The molecule has 0 amide bonds. The first-order valence-corrected chi connectivity index (χ1v) is 16.9. The molecule has 1 aliphatic rings. The minimum atomic E-state index is -5.07. The first-order chi connectivity index (χ1) is 22.5. The zero-order valence-corrected chi connectivity index (χ0v) is 27.5. The van der Waals surface area contributed by atoms with Crippen molar-refractivity contribution in [2.45, 2.75) is 70.6 Å². The standard InChI is InChI=1S/C33H37F9N4OS/c1-4-45(19-22-7-5-6-8-22)29-16-25(31(34,35)36)10-9-23(29)20-46(30-43-17-28(18-44-30)47-11-12-48-3)21(2)24-13-26(32(37,38)39)15-27(14-24)33(40,41)42/h9-10,13-18,21-22H,4-8,11-12,19-20H2,1-3H3. The summed E-state index contributed by atoms with van der Waals surface area (Å²) in [6.07, 6.45) is -6.32. The van der Waals surface area contributed by atoms with E-state index in [0.717, 1.165) is 37.8 Å². The van der Waals surface area contributed by atoms with Crippen molar-refractivity contribution < 1.29 is 44.3 Å². The molecule has 1 aliphatic carbocycles. The molecular formula is C33H37F9N4OS. The average molecular weight is 709 g/mol. The molecule has 1 saturated carbocycles. The van der Waals surface area contributed by atoms with E-state index in [1.165, 1.54) is 30.3 Å². The van der Waals surface area contributed by atoms with Crippen LogP contribution >= 0.6 is 11.8 Å². The smallest absolute Gasteiger partial charge is 0.416 e. The molecule has 4 rings (SSSR count). The predicted molar refractivity (Wildman–Crippen MR) is 168 cm³/mol. The van der Waals surface area contributed by atoms with E-state index in [0.29, 0.717) is 48.9 Å². The van der Waals surface area contributed by atoms with Crippen LogP contribution in [-0.2, 0) is 25.1 Å². The Morgan fingerprint density at radius 1 is 0.854 bits per heavy atom. The van der Waals surface area contributed by atoms with E-state index in [2.05, 4.69) is 9.97 Å². The van der Waals surface area contributed by atoms with Crippen molar-refractivity contribution in [1.29, 1.82) is 0 Å². The Kier molecular flexibility index (Phi) is 12.1. The van der Waals surface area contributed by atoms with Crippen molar-refractivity contribution in [2.75, 3.05) is 41.5 Å². The third kappa shape index (κ3) is 9.63. The third-order valence-electron chi connectivity index (χ3n) is 8.42. The number of ether oxygens (including phenoxy) is 1. The molecule has 48 heavy (non-hydrogen) atoms. The summed E-state index contributed by atoms with van der Waals surface area (Å²) in [7, 11) is 0. The van der Waals surface area contributed by atoms with Crippen LogP contribution in [0.1, 0.15) is 73.4 Å². The number of benzene rings is 2. The monoisotopic (exact) mass is 708 g/mol.